The van der Waals surface area contributed by atoms with Crippen LogP contribution in [-0.4, -0.2) is 20.3 Å². The van der Waals surface area contributed by atoms with E-state index in [-0.39, 0.29) is 0 Å². The fourth-order valence-electron chi connectivity index (χ4n) is 1.18. The normalized spacial score (nSPS) is 17.6. The van der Waals surface area contributed by atoms with Crippen LogP contribution >= 0.6 is 8.53 Å². The van der Waals surface area contributed by atoms with Crippen LogP contribution in [0.25, 0.3) is 0 Å². The van der Waals surface area contributed by atoms with Gasteiger partial charge >= 0.3 is 0 Å². The SMILES string of the molecule is CN(c1ccccc1)P1OCCO1. The molecule has 3 nitrogen and oxygen atoms in total. The van der Waals surface area contributed by atoms with E-state index < -0.39 is 8.53 Å². The van der Waals surface area contributed by atoms with Crippen LogP contribution in [0.3, 0.4) is 0 Å². The maximum Gasteiger partial charge on any atom is 0.289 e. The zero-order valence-corrected chi connectivity index (χ0v) is 8.41. The first-order valence-electron chi connectivity index (χ1n) is 4.22. The fraction of sp³-hybridized carbons (Fsp3) is 0.333. The second-order valence-corrected chi connectivity index (χ2v) is 4.36. The van der Waals surface area contributed by atoms with E-state index in [2.05, 4.69) is 0 Å². The quantitative estimate of drug-likeness (QED) is 0.679. The second-order valence-electron chi connectivity index (χ2n) is 2.76. The van der Waals surface area contributed by atoms with Crippen LogP contribution in [0, 0.1) is 0 Å². The predicted octanol–water partition coefficient (Wildman–Crippen LogP) is 2.40. The van der Waals surface area contributed by atoms with Gasteiger partial charge in [-0.05, 0) is 12.1 Å². The van der Waals surface area contributed by atoms with Gasteiger partial charge in [-0.25, -0.2) is 0 Å². The number of rotatable bonds is 2. The van der Waals surface area contributed by atoms with Crippen LogP contribution in [0.4, 0.5) is 5.69 Å². The fourth-order valence-corrected chi connectivity index (χ4v) is 2.38. The molecular formula is C9H12NO2P. The number of para-hydroxylation sites is 1. The molecule has 70 valence electrons. The first-order chi connectivity index (χ1) is 6.38. The smallest absolute Gasteiger partial charge is 0.289 e. The third-order valence-electron chi connectivity index (χ3n) is 1.86. The van der Waals surface area contributed by atoms with Crippen LogP contribution in [0.2, 0.25) is 0 Å². The van der Waals surface area contributed by atoms with Gasteiger partial charge in [0.05, 0.1) is 13.2 Å². The van der Waals surface area contributed by atoms with Gasteiger partial charge in [0, 0.05) is 12.7 Å². The number of benzene rings is 1. The maximum absolute atomic E-state index is 5.44. The number of nitrogens with zero attached hydrogens (tertiary/aromatic N) is 1. The standard InChI is InChI=1S/C9H12NO2P/c1-10(13-11-7-8-12-13)9-5-3-2-4-6-9/h2-6H,7-8H2,1H3. The van der Waals surface area contributed by atoms with Crippen LogP contribution in [0.5, 0.6) is 0 Å². The average molecular weight is 197 g/mol. The Hall–Kier alpha value is -0.630. The maximum atomic E-state index is 5.44. The summed E-state index contributed by atoms with van der Waals surface area (Å²) < 4.78 is 12.9. The largest absolute Gasteiger partial charge is 0.315 e. The highest BCUT2D eigenvalue weighted by molar-refractivity contribution is 7.49. The molecule has 0 radical (unpaired) electrons. The van der Waals surface area contributed by atoms with Gasteiger partial charge in [0.1, 0.15) is 0 Å². The Kier molecular flexibility index (Phi) is 2.79. The molecule has 1 aliphatic rings. The first kappa shape index (κ1) is 8.95. The average Bonchev–Trinajstić information content (AvgIpc) is 2.71. The Balaban J connectivity index is 2.08. The number of anilines is 1. The minimum atomic E-state index is -0.849. The molecule has 1 aromatic carbocycles. The molecule has 1 fully saturated rings. The lowest BCUT2D eigenvalue weighted by Crippen LogP contribution is -2.09. The van der Waals surface area contributed by atoms with Crippen LogP contribution in [-0.2, 0) is 9.05 Å². The minimum Gasteiger partial charge on any atom is -0.315 e. The van der Waals surface area contributed by atoms with E-state index in [1.807, 2.05) is 42.0 Å². The van der Waals surface area contributed by atoms with Gasteiger partial charge in [-0.1, -0.05) is 18.2 Å². The van der Waals surface area contributed by atoms with Gasteiger partial charge in [-0.15, -0.1) is 0 Å². The molecule has 4 heteroatoms. The zero-order chi connectivity index (χ0) is 9.10. The van der Waals surface area contributed by atoms with Gasteiger partial charge in [-0.3, -0.25) is 0 Å². The Morgan fingerprint density at radius 3 is 2.38 bits per heavy atom. The van der Waals surface area contributed by atoms with Gasteiger partial charge in [0.25, 0.3) is 8.53 Å². The number of hydrogen-bond acceptors (Lipinski definition) is 3. The van der Waals surface area contributed by atoms with Crippen LogP contribution in [0.1, 0.15) is 0 Å². The number of hydrogen-bond donors (Lipinski definition) is 0. The summed E-state index contributed by atoms with van der Waals surface area (Å²) in [6.45, 7) is 1.42. The molecule has 0 amide bonds. The molecule has 0 unspecified atom stereocenters. The summed E-state index contributed by atoms with van der Waals surface area (Å²) in [6.07, 6.45) is 0. The third kappa shape index (κ3) is 1.99. The summed E-state index contributed by atoms with van der Waals surface area (Å²) in [5, 5.41) is 0. The molecule has 0 N–H and O–H groups in total. The lowest BCUT2D eigenvalue weighted by molar-refractivity contribution is 0.365. The Morgan fingerprint density at radius 1 is 1.15 bits per heavy atom. The summed E-state index contributed by atoms with van der Waals surface area (Å²) in [6, 6.07) is 10.1. The monoisotopic (exact) mass is 197 g/mol. The Labute approximate surface area is 79.2 Å². The Morgan fingerprint density at radius 2 is 1.77 bits per heavy atom. The van der Waals surface area contributed by atoms with E-state index in [0.29, 0.717) is 13.2 Å². The van der Waals surface area contributed by atoms with Crippen molar-refractivity contribution in [3.8, 4) is 0 Å². The summed E-state index contributed by atoms with van der Waals surface area (Å²) in [5.41, 5.74) is 1.13. The Bertz CT molecular complexity index is 262. The molecule has 0 saturated carbocycles. The summed E-state index contributed by atoms with van der Waals surface area (Å²) in [7, 11) is 1.14. The third-order valence-corrected chi connectivity index (χ3v) is 3.39. The molecule has 0 spiro atoms. The van der Waals surface area contributed by atoms with Crippen LogP contribution in [0.15, 0.2) is 30.3 Å². The van der Waals surface area contributed by atoms with Gasteiger partial charge in [-0.2, -0.15) is 0 Å². The predicted molar refractivity (Wildman–Crippen MR) is 53.7 cm³/mol. The molecule has 0 bridgehead atoms. The summed E-state index contributed by atoms with van der Waals surface area (Å²) >= 11 is 0. The van der Waals surface area contributed by atoms with E-state index in [4.69, 9.17) is 9.05 Å². The summed E-state index contributed by atoms with van der Waals surface area (Å²) in [5.74, 6) is 0. The van der Waals surface area contributed by atoms with Crippen molar-refractivity contribution in [2.45, 2.75) is 0 Å². The molecular weight excluding hydrogens is 185 g/mol. The first-order valence-corrected chi connectivity index (χ1v) is 5.35. The van der Waals surface area contributed by atoms with E-state index in [0.717, 1.165) is 5.69 Å². The minimum absolute atomic E-state index is 0.711. The second kappa shape index (κ2) is 4.05. The molecule has 13 heavy (non-hydrogen) atoms. The molecule has 0 atom stereocenters. The van der Waals surface area contributed by atoms with E-state index in [1.54, 1.807) is 0 Å². The van der Waals surface area contributed by atoms with Crippen molar-refractivity contribution < 1.29 is 9.05 Å². The molecule has 0 aromatic heterocycles. The molecule has 1 saturated heterocycles. The topological polar surface area (TPSA) is 21.7 Å². The molecule has 0 aliphatic carbocycles. The highest BCUT2D eigenvalue weighted by Crippen LogP contribution is 2.47. The van der Waals surface area contributed by atoms with Crippen molar-refractivity contribution in [2.24, 2.45) is 0 Å². The highest BCUT2D eigenvalue weighted by Gasteiger charge is 2.22. The molecule has 2 rings (SSSR count). The van der Waals surface area contributed by atoms with Crippen molar-refractivity contribution >= 4 is 14.2 Å². The van der Waals surface area contributed by atoms with E-state index in [1.165, 1.54) is 0 Å². The van der Waals surface area contributed by atoms with Crippen molar-refractivity contribution in [3.63, 3.8) is 0 Å². The lowest BCUT2D eigenvalue weighted by Gasteiger charge is -2.22. The van der Waals surface area contributed by atoms with Crippen LogP contribution < -0.4 is 4.67 Å². The van der Waals surface area contributed by atoms with Gasteiger partial charge < -0.3 is 13.7 Å². The van der Waals surface area contributed by atoms with E-state index >= 15 is 0 Å². The van der Waals surface area contributed by atoms with Crippen molar-refractivity contribution in [2.75, 3.05) is 24.9 Å². The highest BCUT2D eigenvalue weighted by atomic mass is 31.2. The molecule has 1 aliphatic heterocycles. The van der Waals surface area contributed by atoms with E-state index in [9.17, 15) is 0 Å². The van der Waals surface area contributed by atoms with Gasteiger partial charge in [0.2, 0.25) is 0 Å². The molecule has 1 aromatic rings. The van der Waals surface area contributed by atoms with Crippen molar-refractivity contribution in [1.29, 1.82) is 0 Å². The van der Waals surface area contributed by atoms with Crippen molar-refractivity contribution in [3.05, 3.63) is 30.3 Å². The lowest BCUT2D eigenvalue weighted by atomic mass is 10.3. The van der Waals surface area contributed by atoms with Crippen molar-refractivity contribution in [1.82, 2.24) is 0 Å². The molecule has 1 heterocycles. The summed E-state index contributed by atoms with van der Waals surface area (Å²) in [4.78, 5) is 0. The van der Waals surface area contributed by atoms with Gasteiger partial charge in [0.15, 0.2) is 0 Å². The zero-order valence-electron chi connectivity index (χ0n) is 7.51.